The van der Waals surface area contributed by atoms with Gasteiger partial charge in [-0.1, -0.05) is 0 Å². The Morgan fingerprint density at radius 1 is 0.955 bits per heavy atom. The Kier molecular flexibility index (Phi) is 11.5. The van der Waals surface area contributed by atoms with E-state index in [0.29, 0.717) is 38.8 Å². The molecule has 0 aliphatic carbocycles. The first-order chi connectivity index (χ1) is 10.5. The van der Waals surface area contributed by atoms with Gasteiger partial charge >= 0.3 is 20.9 Å². The zero-order chi connectivity index (χ0) is 16.8. The second-order valence-corrected chi connectivity index (χ2v) is 6.82. The highest BCUT2D eigenvalue weighted by atomic mass is 28.4. The van der Waals surface area contributed by atoms with Crippen molar-refractivity contribution in [3.8, 4) is 0 Å². The second kappa shape index (κ2) is 12.2. The third kappa shape index (κ3) is 8.82. The van der Waals surface area contributed by atoms with Crippen LogP contribution in [-0.2, 0) is 18.0 Å². The molecule has 0 unspecified atom stereocenters. The summed E-state index contributed by atoms with van der Waals surface area (Å²) in [6.45, 7) is 7.63. The van der Waals surface area contributed by atoms with Crippen molar-refractivity contribution < 1.29 is 27.6 Å². The first-order valence-corrected chi connectivity index (χ1v) is 9.26. The van der Waals surface area contributed by atoms with E-state index in [-0.39, 0.29) is 0 Å². The fourth-order valence-corrected chi connectivity index (χ4v) is 4.32. The van der Waals surface area contributed by atoms with Gasteiger partial charge in [0.2, 0.25) is 0 Å². The van der Waals surface area contributed by atoms with Gasteiger partial charge in [0.15, 0.2) is 0 Å². The van der Waals surface area contributed by atoms with Crippen molar-refractivity contribution in [1.29, 1.82) is 0 Å². The minimum Gasteiger partial charge on any atom is -0.452 e. The molecule has 0 rings (SSSR count). The zero-order valence-corrected chi connectivity index (χ0v) is 14.7. The molecule has 0 aromatic heterocycles. The van der Waals surface area contributed by atoms with Crippen LogP contribution in [0.3, 0.4) is 0 Å². The van der Waals surface area contributed by atoms with Gasteiger partial charge in [0.05, 0.1) is 7.11 Å². The molecule has 3 N–H and O–H groups in total. The molecule has 0 atom stereocenters. The van der Waals surface area contributed by atoms with Crippen LogP contribution in [-0.4, -0.2) is 54.4 Å². The highest BCUT2D eigenvalue weighted by Crippen LogP contribution is 2.17. The molecule has 0 spiro atoms. The summed E-state index contributed by atoms with van der Waals surface area (Å²) in [6, 6.07) is 0.0784. The van der Waals surface area contributed by atoms with Crippen molar-refractivity contribution in [2.24, 2.45) is 0 Å². The van der Waals surface area contributed by atoms with Crippen LogP contribution in [0.2, 0.25) is 6.04 Å². The number of carbonyl (C=O) groups excluding carboxylic acids is 2. The monoisotopic (exact) mass is 337 g/mol. The van der Waals surface area contributed by atoms with Crippen LogP contribution in [0, 0.1) is 0 Å². The number of urea groups is 1. The summed E-state index contributed by atoms with van der Waals surface area (Å²) in [4.78, 5) is 22.2. The van der Waals surface area contributed by atoms with Crippen LogP contribution >= 0.6 is 0 Å². The molecule has 0 saturated heterocycles. The van der Waals surface area contributed by atoms with E-state index in [0.717, 1.165) is 0 Å². The highest BCUT2D eigenvalue weighted by molar-refractivity contribution is 6.60. The Labute approximate surface area is 132 Å². The Balaban J connectivity index is 4.10. The van der Waals surface area contributed by atoms with Gasteiger partial charge in [-0.15, -0.1) is 0 Å². The van der Waals surface area contributed by atoms with Crippen molar-refractivity contribution >= 4 is 20.9 Å². The number of hydrogen-bond acceptors (Lipinski definition) is 6. The Morgan fingerprint density at radius 2 is 1.50 bits per heavy atom. The SMILES string of the molecule is CCO[Si](CCCNC(=O)NNC(=O)OC)(OCC)OCC. The number of hydrazine groups is 1. The lowest BCUT2D eigenvalue weighted by Crippen LogP contribution is -2.48. The first-order valence-electron chi connectivity index (χ1n) is 7.33. The molecule has 0 saturated carbocycles. The molecular formula is C12H27N3O6Si. The summed E-state index contributed by atoms with van der Waals surface area (Å²) in [6.07, 6.45) is -0.108. The van der Waals surface area contributed by atoms with E-state index in [4.69, 9.17) is 13.3 Å². The third-order valence-corrected chi connectivity index (χ3v) is 5.65. The van der Waals surface area contributed by atoms with E-state index < -0.39 is 20.9 Å². The van der Waals surface area contributed by atoms with Crippen molar-refractivity contribution in [3.05, 3.63) is 0 Å². The maximum absolute atomic E-state index is 11.4. The predicted octanol–water partition coefficient (Wildman–Crippen LogP) is 0.995. The summed E-state index contributed by atoms with van der Waals surface area (Å²) in [5, 5.41) is 2.60. The highest BCUT2D eigenvalue weighted by Gasteiger charge is 2.39. The van der Waals surface area contributed by atoms with Crippen LogP contribution in [0.1, 0.15) is 27.2 Å². The Morgan fingerprint density at radius 3 is 1.95 bits per heavy atom. The normalized spacial score (nSPS) is 10.9. The Hall–Kier alpha value is -1.36. The lowest BCUT2D eigenvalue weighted by molar-refractivity contribution is 0.0708. The smallest absolute Gasteiger partial charge is 0.452 e. The lowest BCUT2D eigenvalue weighted by Gasteiger charge is -2.28. The van der Waals surface area contributed by atoms with E-state index in [2.05, 4.69) is 20.9 Å². The number of carbonyl (C=O) groups is 2. The third-order valence-electron chi connectivity index (χ3n) is 2.50. The molecule has 9 nitrogen and oxygen atoms in total. The van der Waals surface area contributed by atoms with Crippen molar-refractivity contribution in [3.63, 3.8) is 0 Å². The molecule has 0 fully saturated rings. The largest absolute Gasteiger partial charge is 0.500 e. The van der Waals surface area contributed by atoms with E-state index in [1.807, 2.05) is 20.8 Å². The molecule has 3 amide bonds. The van der Waals surface area contributed by atoms with Crippen molar-refractivity contribution in [1.82, 2.24) is 16.2 Å². The number of methoxy groups -OCH3 is 1. The van der Waals surface area contributed by atoms with E-state index in [1.165, 1.54) is 7.11 Å². The topological polar surface area (TPSA) is 107 Å². The lowest BCUT2D eigenvalue weighted by atomic mass is 10.5. The molecule has 22 heavy (non-hydrogen) atoms. The van der Waals surface area contributed by atoms with Gasteiger partial charge in [0.25, 0.3) is 0 Å². The fraction of sp³-hybridized carbons (Fsp3) is 0.833. The fourth-order valence-electron chi connectivity index (χ4n) is 1.71. The van der Waals surface area contributed by atoms with Gasteiger partial charge in [0, 0.05) is 32.4 Å². The van der Waals surface area contributed by atoms with Gasteiger partial charge < -0.3 is 23.3 Å². The van der Waals surface area contributed by atoms with Gasteiger partial charge in [0.1, 0.15) is 0 Å². The van der Waals surface area contributed by atoms with Crippen LogP contribution in [0.5, 0.6) is 0 Å². The summed E-state index contributed by atoms with van der Waals surface area (Å²) in [5.74, 6) is 0. The molecule has 0 bridgehead atoms. The summed E-state index contributed by atoms with van der Waals surface area (Å²) < 4.78 is 21.4. The molecule has 10 heteroatoms. The molecule has 0 aliphatic rings. The molecule has 0 aliphatic heterocycles. The maximum Gasteiger partial charge on any atom is 0.500 e. The maximum atomic E-state index is 11.4. The average Bonchev–Trinajstić information content (AvgIpc) is 2.50. The quantitative estimate of drug-likeness (QED) is 0.312. The molecule has 0 aromatic rings. The minimum absolute atomic E-state index is 0.399. The van der Waals surface area contributed by atoms with Crippen molar-refractivity contribution in [2.75, 3.05) is 33.5 Å². The molecule has 130 valence electrons. The first kappa shape index (κ1) is 20.6. The van der Waals surface area contributed by atoms with E-state index >= 15 is 0 Å². The van der Waals surface area contributed by atoms with Gasteiger partial charge in [-0.2, -0.15) is 0 Å². The van der Waals surface area contributed by atoms with Crippen molar-refractivity contribution in [2.45, 2.75) is 33.2 Å². The number of rotatable bonds is 10. The summed E-state index contributed by atoms with van der Waals surface area (Å²) in [7, 11) is -1.47. The van der Waals surface area contributed by atoms with Crippen LogP contribution < -0.4 is 16.2 Å². The minimum atomic E-state index is -2.67. The van der Waals surface area contributed by atoms with Crippen LogP contribution in [0.15, 0.2) is 0 Å². The summed E-state index contributed by atoms with van der Waals surface area (Å²) >= 11 is 0. The standard InChI is InChI=1S/C12H27N3O6Si/c1-5-19-22(20-6-2,21-7-3)10-8-9-13-11(16)14-15-12(17)18-4/h5-10H2,1-4H3,(H,15,17)(H2,13,14,16). The van der Waals surface area contributed by atoms with E-state index in [9.17, 15) is 9.59 Å². The molecular weight excluding hydrogens is 310 g/mol. The van der Waals surface area contributed by atoms with Gasteiger partial charge in [-0.3, -0.25) is 0 Å². The number of nitrogens with one attached hydrogen (secondary N) is 3. The number of hydrogen-bond donors (Lipinski definition) is 3. The second-order valence-electron chi connectivity index (χ2n) is 4.08. The van der Waals surface area contributed by atoms with E-state index in [1.54, 1.807) is 0 Å². The molecule has 0 heterocycles. The zero-order valence-electron chi connectivity index (χ0n) is 13.7. The van der Waals surface area contributed by atoms with Crippen LogP contribution in [0.25, 0.3) is 0 Å². The average molecular weight is 337 g/mol. The molecule has 0 radical (unpaired) electrons. The predicted molar refractivity (Wildman–Crippen MR) is 82.1 cm³/mol. The molecule has 0 aromatic carbocycles. The van der Waals surface area contributed by atoms with Gasteiger partial charge in [-0.05, 0) is 27.2 Å². The number of ether oxygens (including phenoxy) is 1. The Bertz CT molecular complexity index is 315. The van der Waals surface area contributed by atoms with Crippen LogP contribution in [0.4, 0.5) is 9.59 Å². The number of amides is 3. The summed E-state index contributed by atoms with van der Waals surface area (Å²) in [5.41, 5.74) is 4.21. The van der Waals surface area contributed by atoms with Gasteiger partial charge in [-0.25, -0.2) is 20.4 Å².